The van der Waals surface area contributed by atoms with Crippen LogP contribution in [0, 0.1) is 5.82 Å². The van der Waals surface area contributed by atoms with Gasteiger partial charge >= 0.3 is 0 Å². The predicted octanol–water partition coefficient (Wildman–Crippen LogP) is 3.13. The van der Waals surface area contributed by atoms with Crippen LogP contribution in [0.15, 0.2) is 41.3 Å². The Balaban J connectivity index is 2.39. The Kier molecular flexibility index (Phi) is 6.98. The Bertz CT molecular complexity index is 959. The van der Waals surface area contributed by atoms with Gasteiger partial charge in [0.2, 0.25) is 10.0 Å². The molecule has 2 aromatic rings. The second kappa shape index (κ2) is 9.03. The molecule has 0 radical (unpaired) electrons. The number of halogens is 1. The summed E-state index contributed by atoms with van der Waals surface area (Å²) in [5.74, 6) is -1.02. The van der Waals surface area contributed by atoms with Crippen molar-refractivity contribution in [1.29, 1.82) is 0 Å². The third-order valence-corrected chi connectivity index (χ3v) is 6.23. The lowest BCUT2D eigenvalue weighted by atomic mass is 10.2. The van der Waals surface area contributed by atoms with Gasteiger partial charge in [0.15, 0.2) is 11.6 Å². The first-order chi connectivity index (χ1) is 13.3. The Hall–Kier alpha value is -2.65. The third-order valence-electron chi connectivity index (χ3n) is 4.16. The Morgan fingerprint density at radius 1 is 1.04 bits per heavy atom. The number of hydrogen-bond acceptors (Lipinski definition) is 5. The molecular formula is C19H23FN2O5S. The van der Waals surface area contributed by atoms with Crippen LogP contribution in [0.25, 0.3) is 0 Å². The molecule has 0 aliphatic rings. The summed E-state index contributed by atoms with van der Waals surface area (Å²) >= 11 is 0. The van der Waals surface area contributed by atoms with Crippen LogP contribution in [0.5, 0.6) is 11.5 Å². The summed E-state index contributed by atoms with van der Waals surface area (Å²) in [6, 6.07) is 8.09. The van der Waals surface area contributed by atoms with Gasteiger partial charge in [-0.15, -0.1) is 0 Å². The molecule has 2 rings (SSSR count). The fourth-order valence-corrected chi connectivity index (χ4v) is 4.31. The molecule has 0 heterocycles. The van der Waals surface area contributed by atoms with E-state index in [0.717, 1.165) is 6.07 Å². The number of carbonyl (C=O) groups excluding carboxylic acids is 1. The van der Waals surface area contributed by atoms with E-state index in [9.17, 15) is 17.6 Å². The zero-order valence-electron chi connectivity index (χ0n) is 16.2. The van der Waals surface area contributed by atoms with Crippen molar-refractivity contribution in [3.05, 3.63) is 47.8 Å². The van der Waals surface area contributed by atoms with Gasteiger partial charge in [-0.05, 0) is 30.3 Å². The van der Waals surface area contributed by atoms with Crippen molar-refractivity contribution in [3.63, 3.8) is 0 Å². The van der Waals surface area contributed by atoms with E-state index < -0.39 is 21.7 Å². The summed E-state index contributed by atoms with van der Waals surface area (Å²) in [5, 5.41) is 2.54. The monoisotopic (exact) mass is 410 g/mol. The Morgan fingerprint density at radius 2 is 1.64 bits per heavy atom. The van der Waals surface area contributed by atoms with Gasteiger partial charge in [0.05, 0.1) is 14.2 Å². The number of amides is 1. The van der Waals surface area contributed by atoms with E-state index in [-0.39, 0.29) is 40.7 Å². The highest BCUT2D eigenvalue weighted by atomic mass is 32.2. The van der Waals surface area contributed by atoms with Gasteiger partial charge in [-0.1, -0.05) is 13.8 Å². The number of nitrogens with one attached hydrogen (secondary N) is 1. The number of hydrogen-bond donors (Lipinski definition) is 1. The molecule has 0 bridgehead atoms. The molecule has 0 unspecified atom stereocenters. The third kappa shape index (κ3) is 4.42. The largest absolute Gasteiger partial charge is 0.495 e. The van der Waals surface area contributed by atoms with Crippen LogP contribution in [-0.2, 0) is 10.0 Å². The number of benzene rings is 2. The number of methoxy groups -OCH3 is 2. The molecule has 0 atom stereocenters. The molecule has 1 amide bonds. The van der Waals surface area contributed by atoms with E-state index in [4.69, 9.17) is 9.47 Å². The molecule has 0 aromatic heterocycles. The fourth-order valence-electron chi connectivity index (χ4n) is 2.67. The van der Waals surface area contributed by atoms with Crippen LogP contribution < -0.4 is 14.8 Å². The summed E-state index contributed by atoms with van der Waals surface area (Å²) in [5.41, 5.74) is 0.315. The van der Waals surface area contributed by atoms with E-state index in [1.54, 1.807) is 13.8 Å². The second-order valence-electron chi connectivity index (χ2n) is 5.76. The number of ether oxygens (including phenoxy) is 2. The number of anilines is 1. The Morgan fingerprint density at radius 3 is 2.18 bits per heavy atom. The first kappa shape index (κ1) is 21.6. The Labute approximate surface area is 164 Å². The highest BCUT2D eigenvalue weighted by Gasteiger charge is 2.26. The zero-order valence-corrected chi connectivity index (χ0v) is 17.0. The van der Waals surface area contributed by atoms with E-state index in [0.29, 0.717) is 0 Å². The quantitative estimate of drug-likeness (QED) is 0.723. The normalized spacial score (nSPS) is 11.4. The van der Waals surface area contributed by atoms with Crippen molar-refractivity contribution in [2.24, 2.45) is 0 Å². The minimum Gasteiger partial charge on any atom is -0.495 e. The van der Waals surface area contributed by atoms with Crippen molar-refractivity contribution < 1.29 is 27.1 Å². The predicted molar refractivity (Wildman–Crippen MR) is 104 cm³/mol. The fraction of sp³-hybridized carbons (Fsp3) is 0.316. The molecule has 7 nitrogen and oxygen atoms in total. The van der Waals surface area contributed by atoms with Crippen LogP contribution in [-0.4, -0.2) is 45.9 Å². The van der Waals surface area contributed by atoms with Crippen molar-refractivity contribution in [1.82, 2.24) is 4.31 Å². The van der Waals surface area contributed by atoms with E-state index in [1.807, 2.05) is 0 Å². The van der Waals surface area contributed by atoms with Gasteiger partial charge in [0.1, 0.15) is 10.6 Å². The lowest BCUT2D eigenvalue weighted by molar-refractivity contribution is 0.102. The van der Waals surface area contributed by atoms with Gasteiger partial charge in [0.25, 0.3) is 5.91 Å². The van der Waals surface area contributed by atoms with E-state index in [1.165, 1.54) is 48.9 Å². The van der Waals surface area contributed by atoms with Gasteiger partial charge in [-0.25, -0.2) is 12.8 Å². The van der Waals surface area contributed by atoms with Crippen molar-refractivity contribution >= 4 is 21.6 Å². The maximum Gasteiger partial charge on any atom is 0.255 e. The van der Waals surface area contributed by atoms with Crippen molar-refractivity contribution in [2.75, 3.05) is 32.6 Å². The summed E-state index contributed by atoms with van der Waals surface area (Å²) in [4.78, 5) is 12.4. The molecule has 0 aliphatic carbocycles. The summed E-state index contributed by atoms with van der Waals surface area (Å²) in [6.07, 6.45) is 0. The highest BCUT2D eigenvalue weighted by molar-refractivity contribution is 7.89. The molecule has 28 heavy (non-hydrogen) atoms. The van der Waals surface area contributed by atoms with Crippen molar-refractivity contribution in [2.45, 2.75) is 18.7 Å². The zero-order chi connectivity index (χ0) is 20.9. The molecule has 152 valence electrons. The maximum absolute atomic E-state index is 13.8. The maximum atomic E-state index is 13.8. The van der Waals surface area contributed by atoms with Gasteiger partial charge in [-0.3, -0.25) is 4.79 Å². The molecule has 1 N–H and O–H groups in total. The van der Waals surface area contributed by atoms with Crippen LogP contribution in [0.3, 0.4) is 0 Å². The van der Waals surface area contributed by atoms with Crippen LogP contribution in [0.1, 0.15) is 24.2 Å². The molecular weight excluding hydrogens is 387 g/mol. The molecule has 9 heteroatoms. The number of rotatable bonds is 8. The van der Waals surface area contributed by atoms with Crippen LogP contribution >= 0.6 is 0 Å². The number of sulfonamides is 1. The topological polar surface area (TPSA) is 84.9 Å². The van der Waals surface area contributed by atoms with Gasteiger partial charge in [-0.2, -0.15) is 4.31 Å². The van der Waals surface area contributed by atoms with Crippen LogP contribution in [0.2, 0.25) is 0 Å². The number of carbonyl (C=O) groups is 1. The summed E-state index contributed by atoms with van der Waals surface area (Å²) in [7, 11) is -1.14. The SMILES string of the molecule is CCN(CC)S(=O)(=O)c1cc(C(=O)Nc2ccc(OC)c(F)c2)ccc1OC. The number of nitrogens with zero attached hydrogens (tertiary/aromatic N) is 1. The van der Waals surface area contributed by atoms with E-state index >= 15 is 0 Å². The smallest absolute Gasteiger partial charge is 0.255 e. The molecule has 0 aliphatic heterocycles. The highest BCUT2D eigenvalue weighted by Crippen LogP contribution is 2.28. The minimum absolute atomic E-state index is 0.0510. The first-order valence-electron chi connectivity index (χ1n) is 8.61. The average molecular weight is 410 g/mol. The van der Waals surface area contributed by atoms with E-state index in [2.05, 4.69) is 5.32 Å². The first-order valence-corrected chi connectivity index (χ1v) is 10.1. The standard InChI is InChI=1S/C19H23FN2O5S/c1-5-22(6-2)28(24,25)18-11-13(7-9-17(18)27-4)19(23)21-14-8-10-16(26-3)15(20)12-14/h7-12H,5-6H2,1-4H3,(H,21,23). The second-order valence-corrected chi connectivity index (χ2v) is 7.66. The lowest BCUT2D eigenvalue weighted by Gasteiger charge is -2.20. The minimum atomic E-state index is -3.84. The average Bonchev–Trinajstić information content (AvgIpc) is 2.68. The molecule has 0 saturated heterocycles. The summed E-state index contributed by atoms with van der Waals surface area (Å²) < 4.78 is 50.8. The van der Waals surface area contributed by atoms with Gasteiger partial charge < -0.3 is 14.8 Å². The van der Waals surface area contributed by atoms with Crippen molar-refractivity contribution in [3.8, 4) is 11.5 Å². The van der Waals surface area contributed by atoms with Gasteiger partial charge in [0, 0.05) is 30.4 Å². The summed E-state index contributed by atoms with van der Waals surface area (Å²) in [6.45, 7) is 4.01. The molecule has 0 spiro atoms. The van der Waals surface area contributed by atoms with Crippen LogP contribution in [0.4, 0.5) is 10.1 Å². The molecule has 0 saturated carbocycles. The molecule has 0 fully saturated rings. The molecule has 2 aromatic carbocycles. The lowest BCUT2D eigenvalue weighted by Crippen LogP contribution is -2.31.